The molecule has 24 heavy (non-hydrogen) atoms. The summed E-state index contributed by atoms with van der Waals surface area (Å²) in [5.41, 5.74) is 8.25. The summed E-state index contributed by atoms with van der Waals surface area (Å²) < 4.78 is 0. The van der Waals surface area contributed by atoms with Crippen molar-refractivity contribution in [1.29, 1.82) is 0 Å². The third-order valence-corrected chi connectivity index (χ3v) is 5.79. The fourth-order valence-electron chi connectivity index (χ4n) is 4.26. The van der Waals surface area contributed by atoms with Gasteiger partial charge in [-0.3, -0.25) is 4.99 Å². The van der Waals surface area contributed by atoms with E-state index in [1.807, 2.05) is 0 Å². The van der Waals surface area contributed by atoms with Gasteiger partial charge in [0.05, 0.1) is 6.04 Å². The van der Waals surface area contributed by atoms with Crippen molar-refractivity contribution >= 4 is 5.71 Å². The molecule has 1 heteroatoms. The summed E-state index contributed by atoms with van der Waals surface area (Å²) in [6.45, 7) is 9.06. The first-order valence-corrected chi connectivity index (χ1v) is 8.99. The number of allylic oxidation sites excluding steroid dienone is 1. The highest BCUT2D eigenvalue weighted by molar-refractivity contribution is 5.87. The Kier molecular flexibility index (Phi) is 3.49. The van der Waals surface area contributed by atoms with E-state index in [4.69, 9.17) is 4.99 Å². The Bertz CT molecular complexity index is 854. The first-order chi connectivity index (χ1) is 11.5. The summed E-state index contributed by atoms with van der Waals surface area (Å²) in [5, 5.41) is 0. The summed E-state index contributed by atoms with van der Waals surface area (Å²) >= 11 is 0. The largest absolute Gasteiger partial charge is 0.282 e. The van der Waals surface area contributed by atoms with Gasteiger partial charge in [-0.2, -0.15) is 0 Å². The maximum atomic E-state index is 4.96. The van der Waals surface area contributed by atoms with Gasteiger partial charge in [0.2, 0.25) is 0 Å². The lowest BCUT2D eigenvalue weighted by Gasteiger charge is -2.24. The number of hydrogen-bond acceptors (Lipinski definition) is 1. The third kappa shape index (κ3) is 2.18. The number of aliphatic imine (C=N–C) groups is 1. The van der Waals surface area contributed by atoms with Gasteiger partial charge in [0, 0.05) is 17.0 Å². The third-order valence-electron chi connectivity index (χ3n) is 5.79. The number of fused-ring (bicyclic) bond motifs is 3. The minimum absolute atomic E-state index is 0.0605. The van der Waals surface area contributed by atoms with Gasteiger partial charge in [0.15, 0.2) is 0 Å². The normalized spacial score (nSPS) is 23.6. The van der Waals surface area contributed by atoms with Crippen molar-refractivity contribution in [2.45, 2.75) is 45.6 Å². The van der Waals surface area contributed by atoms with Gasteiger partial charge < -0.3 is 0 Å². The second kappa shape index (κ2) is 5.44. The molecule has 0 amide bonds. The van der Waals surface area contributed by atoms with Crippen LogP contribution in [0.15, 0.2) is 59.6 Å². The van der Waals surface area contributed by atoms with Crippen LogP contribution in [0.2, 0.25) is 0 Å². The summed E-state index contributed by atoms with van der Waals surface area (Å²) in [4.78, 5) is 4.96. The monoisotopic (exact) mass is 315 g/mol. The average Bonchev–Trinajstić information content (AvgIpc) is 2.83. The Balaban J connectivity index is 1.78. The molecule has 0 radical (unpaired) electrons. The number of benzene rings is 2. The molecule has 0 aromatic heterocycles. The van der Waals surface area contributed by atoms with Crippen LogP contribution in [0.3, 0.4) is 0 Å². The predicted molar refractivity (Wildman–Crippen MR) is 103 cm³/mol. The van der Waals surface area contributed by atoms with Crippen LogP contribution in [-0.4, -0.2) is 5.71 Å². The molecule has 0 bridgehead atoms. The Morgan fingerprint density at radius 1 is 0.958 bits per heavy atom. The topological polar surface area (TPSA) is 12.4 Å². The number of rotatable bonds is 2. The number of dihydropyridines is 1. The minimum atomic E-state index is 0.0605. The highest BCUT2D eigenvalue weighted by Gasteiger charge is 2.35. The number of hydrogen-bond donors (Lipinski definition) is 0. The van der Waals surface area contributed by atoms with Crippen LogP contribution in [0.25, 0.3) is 11.1 Å². The Labute approximate surface area is 145 Å². The van der Waals surface area contributed by atoms with E-state index in [2.05, 4.69) is 82.3 Å². The minimum Gasteiger partial charge on any atom is -0.282 e. The Morgan fingerprint density at radius 3 is 2.46 bits per heavy atom. The van der Waals surface area contributed by atoms with Crippen molar-refractivity contribution in [3.8, 4) is 11.1 Å². The molecule has 0 fully saturated rings. The summed E-state index contributed by atoms with van der Waals surface area (Å²) in [7, 11) is 0. The molecule has 2 aliphatic rings. The fourth-order valence-corrected chi connectivity index (χ4v) is 4.26. The van der Waals surface area contributed by atoms with Crippen molar-refractivity contribution in [3.63, 3.8) is 0 Å². The molecule has 0 spiro atoms. The Morgan fingerprint density at radius 2 is 1.71 bits per heavy atom. The zero-order valence-electron chi connectivity index (χ0n) is 15.0. The van der Waals surface area contributed by atoms with E-state index in [-0.39, 0.29) is 11.5 Å². The van der Waals surface area contributed by atoms with Crippen LogP contribution in [0.1, 0.15) is 56.8 Å². The maximum absolute atomic E-state index is 4.96. The molecule has 122 valence electrons. The van der Waals surface area contributed by atoms with E-state index >= 15 is 0 Å². The van der Waals surface area contributed by atoms with E-state index in [0.717, 1.165) is 6.42 Å². The maximum Gasteiger partial charge on any atom is 0.0930 e. The van der Waals surface area contributed by atoms with Crippen molar-refractivity contribution in [3.05, 3.63) is 71.3 Å². The van der Waals surface area contributed by atoms with Crippen LogP contribution in [0, 0.1) is 5.92 Å². The Hall–Kier alpha value is -2.15. The van der Waals surface area contributed by atoms with E-state index in [9.17, 15) is 0 Å². The van der Waals surface area contributed by atoms with Crippen molar-refractivity contribution < 1.29 is 0 Å². The molecule has 2 aromatic carbocycles. The first kappa shape index (κ1) is 15.4. The summed E-state index contributed by atoms with van der Waals surface area (Å²) in [6, 6.07) is 15.9. The molecule has 0 saturated carbocycles. The zero-order valence-corrected chi connectivity index (χ0v) is 15.0. The van der Waals surface area contributed by atoms with E-state index in [1.165, 1.54) is 33.5 Å². The van der Waals surface area contributed by atoms with Gasteiger partial charge >= 0.3 is 0 Å². The van der Waals surface area contributed by atoms with Gasteiger partial charge in [0.1, 0.15) is 0 Å². The van der Waals surface area contributed by atoms with Crippen molar-refractivity contribution in [2.75, 3.05) is 0 Å². The lowest BCUT2D eigenvalue weighted by atomic mass is 9.81. The molecule has 1 nitrogen and oxygen atoms in total. The average molecular weight is 315 g/mol. The fraction of sp³-hybridized carbons (Fsp3) is 0.348. The van der Waals surface area contributed by atoms with Crippen LogP contribution in [0.4, 0.5) is 0 Å². The van der Waals surface area contributed by atoms with Gasteiger partial charge in [0.25, 0.3) is 0 Å². The smallest absolute Gasteiger partial charge is 0.0930 e. The molecule has 0 N–H and O–H groups in total. The van der Waals surface area contributed by atoms with Gasteiger partial charge in [-0.25, -0.2) is 0 Å². The molecular formula is C23H25N. The van der Waals surface area contributed by atoms with Crippen LogP contribution >= 0.6 is 0 Å². The lowest BCUT2D eigenvalue weighted by Crippen LogP contribution is -2.16. The second-order valence-electron chi connectivity index (χ2n) is 7.59. The SMILES string of the molecule is CCC1C=CC(c2ccc3c(c2)C(C)(C)c2ccccc2-3)N=C1C. The quantitative estimate of drug-likeness (QED) is 0.595. The van der Waals surface area contributed by atoms with Crippen LogP contribution < -0.4 is 0 Å². The molecule has 2 atom stereocenters. The zero-order chi connectivity index (χ0) is 16.9. The van der Waals surface area contributed by atoms with E-state index < -0.39 is 0 Å². The van der Waals surface area contributed by atoms with Crippen molar-refractivity contribution in [1.82, 2.24) is 0 Å². The van der Waals surface area contributed by atoms with Crippen molar-refractivity contribution in [2.24, 2.45) is 10.9 Å². The number of nitrogens with zero attached hydrogens (tertiary/aromatic N) is 1. The standard InChI is InChI=1S/C23H25N/c1-5-16-11-13-22(24-15(16)2)17-10-12-19-18-8-6-7-9-20(18)23(3,4)21(19)14-17/h6-14,16,22H,5H2,1-4H3. The predicted octanol–water partition coefficient (Wildman–Crippen LogP) is 6.09. The van der Waals surface area contributed by atoms with Gasteiger partial charge in [-0.1, -0.05) is 75.4 Å². The highest BCUT2D eigenvalue weighted by Crippen LogP contribution is 2.49. The highest BCUT2D eigenvalue weighted by atomic mass is 14.8. The second-order valence-corrected chi connectivity index (χ2v) is 7.59. The summed E-state index contributed by atoms with van der Waals surface area (Å²) in [6.07, 6.45) is 5.74. The van der Waals surface area contributed by atoms with E-state index in [1.54, 1.807) is 0 Å². The molecule has 1 aliphatic carbocycles. The molecule has 2 unspecified atom stereocenters. The van der Waals surface area contributed by atoms with Gasteiger partial charge in [-0.05, 0) is 41.2 Å². The lowest BCUT2D eigenvalue weighted by molar-refractivity contribution is 0.658. The molecule has 1 heterocycles. The molecular weight excluding hydrogens is 290 g/mol. The molecule has 2 aromatic rings. The van der Waals surface area contributed by atoms with Gasteiger partial charge in [-0.15, -0.1) is 0 Å². The van der Waals surface area contributed by atoms with E-state index in [0.29, 0.717) is 5.92 Å². The summed E-state index contributed by atoms with van der Waals surface area (Å²) in [5.74, 6) is 0.511. The molecule has 4 rings (SSSR count). The molecule has 0 saturated heterocycles. The van der Waals surface area contributed by atoms with Crippen LogP contribution in [0.5, 0.6) is 0 Å². The van der Waals surface area contributed by atoms with Crippen LogP contribution in [-0.2, 0) is 5.41 Å². The first-order valence-electron chi connectivity index (χ1n) is 8.99. The molecule has 1 aliphatic heterocycles.